The van der Waals surface area contributed by atoms with Gasteiger partial charge < -0.3 is 11.1 Å². The lowest BCUT2D eigenvalue weighted by molar-refractivity contribution is -0.137. The molecule has 0 saturated carbocycles. The van der Waals surface area contributed by atoms with Gasteiger partial charge in [-0.3, -0.25) is 14.4 Å². The van der Waals surface area contributed by atoms with Gasteiger partial charge in [0.2, 0.25) is 5.91 Å². The van der Waals surface area contributed by atoms with Crippen LogP contribution >= 0.6 is 0 Å². The molecule has 7 nitrogen and oxygen atoms in total. The summed E-state index contributed by atoms with van der Waals surface area (Å²) in [5, 5.41) is 6.45. The van der Waals surface area contributed by atoms with Crippen LogP contribution in [0.3, 0.4) is 0 Å². The maximum absolute atomic E-state index is 13.1. The third-order valence-corrected chi connectivity index (χ3v) is 4.84. The van der Waals surface area contributed by atoms with E-state index >= 15 is 0 Å². The first kappa shape index (κ1) is 22.7. The first-order chi connectivity index (χ1) is 15.0. The van der Waals surface area contributed by atoms with Gasteiger partial charge in [-0.25, -0.2) is 4.68 Å². The second kappa shape index (κ2) is 8.66. The highest BCUT2D eigenvalue weighted by Gasteiger charge is 2.32. The van der Waals surface area contributed by atoms with Crippen molar-refractivity contribution in [3.8, 4) is 5.69 Å². The number of nitrogens with two attached hydrogens (primary N) is 1. The van der Waals surface area contributed by atoms with E-state index in [1.54, 1.807) is 30.3 Å². The zero-order chi connectivity index (χ0) is 23.6. The lowest BCUT2D eigenvalue weighted by Crippen LogP contribution is -2.41. The van der Waals surface area contributed by atoms with Gasteiger partial charge in [-0.1, -0.05) is 36.4 Å². The van der Waals surface area contributed by atoms with Crippen molar-refractivity contribution in [3.05, 3.63) is 82.7 Å². The number of nitrogens with one attached hydrogen (secondary N) is 1. The summed E-state index contributed by atoms with van der Waals surface area (Å²) < 4.78 is 40.3. The normalized spacial score (nSPS) is 12.3. The molecule has 2 amide bonds. The number of amides is 2. The fourth-order valence-electron chi connectivity index (χ4n) is 3.31. The summed E-state index contributed by atoms with van der Waals surface area (Å²) >= 11 is 0. The monoisotopic (exact) mass is 444 g/mol. The Hall–Kier alpha value is -3.95. The van der Waals surface area contributed by atoms with E-state index < -0.39 is 35.4 Å². The van der Waals surface area contributed by atoms with Gasteiger partial charge in [0.15, 0.2) is 0 Å². The number of benzene rings is 2. The minimum absolute atomic E-state index is 0.0730. The third-order valence-electron chi connectivity index (χ3n) is 4.84. The van der Waals surface area contributed by atoms with Crippen molar-refractivity contribution < 1.29 is 27.6 Å². The molecule has 0 aliphatic heterocycles. The predicted octanol–water partition coefficient (Wildman–Crippen LogP) is 3.03. The number of Topliss-reactive ketones (excluding diaryl/α,β-unsaturated/α-hetero) is 1. The zero-order valence-electron chi connectivity index (χ0n) is 17.1. The Bertz CT molecular complexity index is 1190. The molecule has 0 aliphatic carbocycles. The van der Waals surface area contributed by atoms with E-state index in [9.17, 15) is 27.6 Å². The van der Waals surface area contributed by atoms with Gasteiger partial charge in [0.25, 0.3) is 11.7 Å². The van der Waals surface area contributed by atoms with Gasteiger partial charge in [0.1, 0.15) is 6.04 Å². The van der Waals surface area contributed by atoms with E-state index in [1.165, 1.54) is 26.0 Å². The number of nitrogens with zero attached hydrogens (tertiary/aromatic N) is 2. The van der Waals surface area contributed by atoms with E-state index in [-0.39, 0.29) is 22.6 Å². The number of halogens is 3. The molecule has 166 valence electrons. The van der Waals surface area contributed by atoms with Crippen LogP contribution in [0.1, 0.15) is 38.9 Å². The molecule has 0 unspecified atom stereocenters. The molecule has 3 rings (SSSR count). The number of hydrogen-bond acceptors (Lipinski definition) is 4. The van der Waals surface area contributed by atoms with Crippen LogP contribution < -0.4 is 11.1 Å². The average molecular weight is 444 g/mol. The Kier molecular flexibility index (Phi) is 6.15. The second-order valence-electron chi connectivity index (χ2n) is 7.05. The molecule has 3 N–H and O–H groups in total. The molecule has 0 fully saturated rings. The van der Waals surface area contributed by atoms with Gasteiger partial charge >= 0.3 is 6.18 Å². The van der Waals surface area contributed by atoms with Crippen LogP contribution in [0.4, 0.5) is 13.2 Å². The molecule has 0 aliphatic rings. The van der Waals surface area contributed by atoms with E-state index in [2.05, 4.69) is 10.4 Å². The van der Waals surface area contributed by atoms with E-state index in [0.717, 1.165) is 16.8 Å². The van der Waals surface area contributed by atoms with Crippen LogP contribution in [-0.4, -0.2) is 27.4 Å². The quantitative estimate of drug-likeness (QED) is 0.450. The molecule has 2 aromatic carbocycles. The van der Waals surface area contributed by atoms with Gasteiger partial charge in [0, 0.05) is 0 Å². The highest BCUT2D eigenvalue weighted by molar-refractivity contribution is 6.43. The van der Waals surface area contributed by atoms with Crippen molar-refractivity contribution in [3.63, 3.8) is 0 Å². The number of carbonyl (C=O) groups is 3. The van der Waals surface area contributed by atoms with Crippen molar-refractivity contribution >= 4 is 17.6 Å². The van der Waals surface area contributed by atoms with Crippen LogP contribution in [-0.2, 0) is 15.8 Å². The largest absolute Gasteiger partial charge is 0.416 e. The summed E-state index contributed by atoms with van der Waals surface area (Å²) in [7, 11) is 0. The minimum atomic E-state index is -4.55. The Morgan fingerprint density at radius 1 is 1.03 bits per heavy atom. The topological polar surface area (TPSA) is 107 Å². The van der Waals surface area contributed by atoms with E-state index in [0.29, 0.717) is 5.56 Å². The highest BCUT2D eigenvalue weighted by Crippen LogP contribution is 2.31. The maximum atomic E-state index is 13.1. The first-order valence-corrected chi connectivity index (χ1v) is 9.44. The van der Waals surface area contributed by atoms with Crippen molar-refractivity contribution in [2.24, 2.45) is 5.73 Å². The van der Waals surface area contributed by atoms with Crippen LogP contribution in [0.15, 0.2) is 54.6 Å². The molecule has 1 heterocycles. The number of aryl methyl sites for hydroxylation is 1. The van der Waals surface area contributed by atoms with Crippen molar-refractivity contribution in [2.45, 2.75) is 26.1 Å². The summed E-state index contributed by atoms with van der Waals surface area (Å²) in [6.45, 7) is 2.92. The Balaban J connectivity index is 1.92. The van der Waals surface area contributed by atoms with Gasteiger partial charge in [-0.2, -0.15) is 18.3 Å². The molecular formula is C22H19F3N4O3. The van der Waals surface area contributed by atoms with Crippen LogP contribution in [0.2, 0.25) is 0 Å². The maximum Gasteiger partial charge on any atom is 0.416 e. The summed E-state index contributed by atoms with van der Waals surface area (Å²) in [6, 6.07) is 11.4. The zero-order valence-corrected chi connectivity index (χ0v) is 17.1. The van der Waals surface area contributed by atoms with Gasteiger partial charge in [-0.15, -0.1) is 0 Å². The Morgan fingerprint density at radius 3 is 2.28 bits per heavy atom. The highest BCUT2D eigenvalue weighted by atomic mass is 19.4. The lowest BCUT2D eigenvalue weighted by Gasteiger charge is -2.15. The fourth-order valence-corrected chi connectivity index (χ4v) is 3.31. The number of carbonyl (C=O) groups excluding carboxylic acids is 3. The van der Waals surface area contributed by atoms with E-state index in [1.807, 2.05) is 0 Å². The van der Waals surface area contributed by atoms with Crippen molar-refractivity contribution in [2.75, 3.05) is 0 Å². The average Bonchev–Trinajstić information content (AvgIpc) is 3.05. The molecule has 0 radical (unpaired) electrons. The fraction of sp³-hybridized carbons (Fsp3) is 0.182. The first-order valence-electron chi connectivity index (χ1n) is 9.44. The predicted molar refractivity (Wildman–Crippen MR) is 109 cm³/mol. The van der Waals surface area contributed by atoms with Crippen LogP contribution in [0.5, 0.6) is 0 Å². The molecule has 32 heavy (non-hydrogen) atoms. The molecule has 0 saturated heterocycles. The molecule has 0 spiro atoms. The summed E-state index contributed by atoms with van der Waals surface area (Å²) in [5.74, 6) is -2.93. The second-order valence-corrected chi connectivity index (χ2v) is 7.05. The molecule has 3 aromatic rings. The molecule has 1 atom stereocenters. The SMILES string of the molecule is Cc1nn(-c2cccc(C(F)(F)F)c2)c(C)c1C(=O)C(=O)N[C@H](C(N)=O)c1ccccc1. The molecule has 0 bridgehead atoms. The number of rotatable bonds is 6. The van der Waals surface area contributed by atoms with Crippen LogP contribution in [0, 0.1) is 13.8 Å². The van der Waals surface area contributed by atoms with Crippen molar-refractivity contribution in [1.82, 2.24) is 15.1 Å². The van der Waals surface area contributed by atoms with Crippen LogP contribution in [0.25, 0.3) is 5.69 Å². The van der Waals surface area contributed by atoms with Gasteiger partial charge in [-0.05, 0) is 37.6 Å². The molecular weight excluding hydrogens is 425 g/mol. The standard InChI is InChI=1S/C22H19F3N4O3/c1-12-17(13(2)29(28-12)16-10-6-9-15(11-16)22(23,24)25)19(30)21(32)27-18(20(26)31)14-7-4-3-5-8-14/h3-11,18H,1-2H3,(H2,26,31)(H,27,32)/t18-/m0/s1. The smallest absolute Gasteiger partial charge is 0.368 e. The number of ketones is 1. The summed E-state index contributed by atoms with van der Waals surface area (Å²) in [4.78, 5) is 37.3. The Morgan fingerprint density at radius 2 is 1.69 bits per heavy atom. The molecule has 10 heteroatoms. The number of primary amides is 1. The Labute approximate surface area is 181 Å². The number of alkyl halides is 3. The number of aromatic nitrogens is 2. The molecule has 1 aromatic heterocycles. The lowest BCUT2D eigenvalue weighted by atomic mass is 10.0. The minimum Gasteiger partial charge on any atom is -0.368 e. The van der Waals surface area contributed by atoms with Gasteiger partial charge in [0.05, 0.1) is 28.2 Å². The number of hydrogen-bond donors (Lipinski definition) is 2. The third kappa shape index (κ3) is 4.53. The van der Waals surface area contributed by atoms with E-state index in [4.69, 9.17) is 5.73 Å². The van der Waals surface area contributed by atoms with Crippen molar-refractivity contribution in [1.29, 1.82) is 0 Å². The summed E-state index contributed by atoms with van der Waals surface area (Å²) in [5.41, 5.74) is 5.23. The summed E-state index contributed by atoms with van der Waals surface area (Å²) in [6.07, 6.45) is -4.55.